The molecular formula is C8H11N3S2. The lowest BCUT2D eigenvalue weighted by molar-refractivity contribution is 0.830. The van der Waals surface area contributed by atoms with Crippen LogP contribution in [0.1, 0.15) is 19.3 Å². The van der Waals surface area contributed by atoms with E-state index in [0.717, 1.165) is 22.8 Å². The minimum atomic E-state index is 0.625. The highest BCUT2D eigenvalue weighted by Crippen LogP contribution is 2.26. The van der Waals surface area contributed by atoms with Gasteiger partial charge in [0, 0.05) is 6.42 Å². The molecule has 0 amide bonds. The molecule has 1 aromatic heterocycles. The van der Waals surface area contributed by atoms with Crippen LogP contribution in [0.3, 0.4) is 0 Å². The number of rotatable bonds is 5. The number of nitrogen functional groups attached to an aromatic ring is 1. The highest BCUT2D eigenvalue weighted by molar-refractivity contribution is 8.01. The summed E-state index contributed by atoms with van der Waals surface area (Å²) in [6.45, 7) is 0. The van der Waals surface area contributed by atoms with E-state index in [0.29, 0.717) is 11.6 Å². The second kappa shape index (κ2) is 5.84. The van der Waals surface area contributed by atoms with Gasteiger partial charge in [0.15, 0.2) is 5.13 Å². The number of nitrogens with zero attached hydrogens (tertiary/aromatic N) is 2. The monoisotopic (exact) mass is 213 g/mol. The highest BCUT2D eigenvalue weighted by atomic mass is 32.2. The Bertz CT molecular complexity index is 290. The Morgan fingerprint density at radius 3 is 3.08 bits per heavy atom. The van der Waals surface area contributed by atoms with Crippen LogP contribution in [0.4, 0.5) is 5.13 Å². The number of thioether (sulfide) groups is 1. The van der Waals surface area contributed by atoms with E-state index < -0.39 is 0 Å². The Kier molecular flexibility index (Phi) is 4.65. The maximum absolute atomic E-state index is 8.30. The normalized spacial score (nSPS) is 9.77. The number of unbranched alkanes of at least 4 members (excludes halogenated alkanes) is 2. The first-order valence-electron chi connectivity index (χ1n) is 4.04. The van der Waals surface area contributed by atoms with E-state index in [1.165, 1.54) is 11.3 Å². The molecule has 70 valence electrons. The lowest BCUT2D eigenvalue weighted by atomic mass is 10.3. The minimum Gasteiger partial charge on any atom is -0.375 e. The second-order valence-corrected chi connectivity index (χ2v) is 4.94. The van der Waals surface area contributed by atoms with Gasteiger partial charge in [-0.3, -0.25) is 0 Å². The fourth-order valence-corrected chi connectivity index (χ4v) is 2.65. The van der Waals surface area contributed by atoms with Crippen molar-refractivity contribution >= 4 is 28.2 Å². The Morgan fingerprint density at radius 2 is 2.46 bits per heavy atom. The van der Waals surface area contributed by atoms with E-state index in [2.05, 4.69) is 11.1 Å². The van der Waals surface area contributed by atoms with Gasteiger partial charge in [0.1, 0.15) is 0 Å². The number of anilines is 1. The molecule has 0 aromatic carbocycles. The maximum Gasteiger partial charge on any atom is 0.181 e. The molecule has 0 saturated heterocycles. The summed E-state index contributed by atoms with van der Waals surface area (Å²) in [7, 11) is 0. The second-order valence-electron chi connectivity index (χ2n) is 2.48. The van der Waals surface area contributed by atoms with Crippen molar-refractivity contribution in [3.63, 3.8) is 0 Å². The van der Waals surface area contributed by atoms with Crippen LogP contribution in [-0.2, 0) is 0 Å². The molecule has 0 aliphatic heterocycles. The summed E-state index contributed by atoms with van der Waals surface area (Å²) in [5, 5.41) is 8.93. The predicted octanol–water partition coefficient (Wildman–Crippen LogP) is 2.51. The first kappa shape index (κ1) is 10.4. The first-order chi connectivity index (χ1) is 6.33. The smallest absolute Gasteiger partial charge is 0.181 e. The van der Waals surface area contributed by atoms with Gasteiger partial charge in [0.05, 0.1) is 16.5 Å². The molecule has 2 N–H and O–H groups in total. The molecule has 0 unspecified atom stereocenters. The topological polar surface area (TPSA) is 62.7 Å². The molecule has 13 heavy (non-hydrogen) atoms. The SMILES string of the molecule is N#CCCCCSc1cnc(N)s1. The number of hydrogen-bond acceptors (Lipinski definition) is 5. The zero-order chi connectivity index (χ0) is 9.52. The predicted molar refractivity (Wildman–Crippen MR) is 56.7 cm³/mol. The summed E-state index contributed by atoms with van der Waals surface area (Å²) in [5.41, 5.74) is 5.48. The molecule has 1 heterocycles. The Morgan fingerprint density at radius 1 is 1.62 bits per heavy atom. The fraction of sp³-hybridized carbons (Fsp3) is 0.500. The van der Waals surface area contributed by atoms with Gasteiger partial charge in [-0.2, -0.15) is 5.26 Å². The van der Waals surface area contributed by atoms with Gasteiger partial charge in [0.25, 0.3) is 0 Å². The number of nitriles is 1. The Hall–Kier alpha value is -0.730. The lowest BCUT2D eigenvalue weighted by Gasteiger charge is -1.94. The van der Waals surface area contributed by atoms with Crippen molar-refractivity contribution < 1.29 is 0 Å². The molecule has 0 aliphatic carbocycles. The van der Waals surface area contributed by atoms with Gasteiger partial charge in [0.2, 0.25) is 0 Å². The van der Waals surface area contributed by atoms with Crippen LogP contribution in [0.5, 0.6) is 0 Å². The Balaban J connectivity index is 2.10. The first-order valence-corrected chi connectivity index (χ1v) is 5.84. The van der Waals surface area contributed by atoms with Gasteiger partial charge in [-0.05, 0) is 18.6 Å². The average Bonchev–Trinajstić information content (AvgIpc) is 2.51. The Labute approximate surface area is 86.0 Å². The molecule has 5 heteroatoms. The lowest BCUT2D eigenvalue weighted by Crippen LogP contribution is -1.78. The quantitative estimate of drug-likeness (QED) is 0.603. The number of nitrogens with two attached hydrogens (primary N) is 1. The van der Waals surface area contributed by atoms with Crippen molar-refractivity contribution in [2.45, 2.75) is 23.5 Å². The summed E-state index contributed by atoms with van der Waals surface area (Å²) in [5.74, 6) is 1.04. The third-order valence-electron chi connectivity index (χ3n) is 1.43. The zero-order valence-electron chi connectivity index (χ0n) is 7.19. The van der Waals surface area contributed by atoms with Gasteiger partial charge in [-0.1, -0.05) is 11.3 Å². The van der Waals surface area contributed by atoms with Gasteiger partial charge < -0.3 is 5.73 Å². The van der Waals surface area contributed by atoms with E-state index in [-0.39, 0.29) is 0 Å². The van der Waals surface area contributed by atoms with E-state index in [4.69, 9.17) is 11.0 Å². The van der Waals surface area contributed by atoms with Gasteiger partial charge in [-0.15, -0.1) is 11.8 Å². The van der Waals surface area contributed by atoms with Crippen molar-refractivity contribution in [3.8, 4) is 6.07 Å². The summed E-state index contributed by atoms with van der Waals surface area (Å²) >= 11 is 3.27. The van der Waals surface area contributed by atoms with Crippen molar-refractivity contribution in [2.24, 2.45) is 0 Å². The van der Waals surface area contributed by atoms with Crippen LogP contribution in [0.25, 0.3) is 0 Å². The van der Waals surface area contributed by atoms with Crippen LogP contribution in [0.15, 0.2) is 10.4 Å². The van der Waals surface area contributed by atoms with Crippen LogP contribution >= 0.6 is 23.1 Å². The zero-order valence-corrected chi connectivity index (χ0v) is 8.83. The van der Waals surface area contributed by atoms with Gasteiger partial charge in [-0.25, -0.2) is 4.98 Å². The summed E-state index contributed by atoms with van der Waals surface area (Å²) < 4.78 is 1.16. The van der Waals surface area contributed by atoms with Crippen LogP contribution in [-0.4, -0.2) is 10.7 Å². The van der Waals surface area contributed by atoms with E-state index in [1.807, 2.05) is 0 Å². The molecule has 0 spiro atoms. The van der Waals surface area contributed by atoms with Crippen molar-refractivity contribution in [1.82, 2.24) is 4.98 Å². The van der Waals surface area contributed by atoms with Gasteiger partial charge >= 0.3 is 0 Å². The fourth-order valence-electron chi connectivity index (χ4n) is 0.818. The number of hydrogen-bond donors (Lipinski definition) is 1. The third-order valence-corrected chi connectivity index (χ3v) is 3.54. The largest absolute Gasteiger partial charge is 0.375 e. The number of thiazole rings is 1. The minimum absolute atomic E-state index is 0.625. The highest BCUT2D eigenvalue weighted by Gasteiger charge is 1.98. The van der Waals surface area contributed by atoms with Crippen molar-refractivity contribution in [3.05, 3.63) is 6.20 Å². The molecule has 0 aliphatic rings. The summed E-state index contributed by atoms with van der Waals surface area (Å²) in [6.07, 6.45) is 4.52. The standard InChI is InChI=1S/C8H11N3S2/c9-4-2-1-3-5-12-7-6-11-8(10)13-7/h6H,1-3,5H2,(H2,10,11). The molecule has 1 aromatic rings. The maximum atomic E-state index is 8.30. The molecule has 3 nitrogen and oxygen atoms in total. The molecular weight excluding hydrogens is 202 g/mol. The molecule has 0 bridgehead atoms. The third kappa shape index (κ3) is 4.15. The average molecular weight is 213 g/mol. The van der Waals surface area contributed by atoms with Crippen molar-refractivity contribution in [2.75, 3.05) is 11.5 Å². The van der Waals surface area contributed by atoms with E-state index in [1.54, 1.807) is 18.0 Å². The summed E-state index contributed by atoms with van der Waals surface area (Å²) in [6, 6.07) is 2.13. The van der Waals surface area contributed by atoms with Crippen LogP contribution < -0.4 is 5.73 Å². The van der Waals surface area contributed by atoms with Crippen molar-refractivity contribution in [1.29, 1.82) is 5.26 Å². The molecule has 1 rings (SSSR count). The molecule has 0 saturated carbocycles. The van der Waals surface area contributed by atoms with E-state index >= 15 is 0 Å². The molecule has 0 atom stereocenters. The van der Waals surface area contributed by atoms with Crippen LogP contribution in [0, 0.1) is 11.3 Å². The molecule has 0 fully saturated rings. The van der Waals surface area contributed by atoms with Crippen LogP contribution in [0.2, 0.25) is 0 Å². The number of aromatic nitrogens is 1. The summed E-state index contributed by atoms with van der Waals surface area (Å²) in [4.78, 5) is 3.95. The van der Waals surface area contributed by atoms with E-state index in [9.17, 15) is 0 Å². The molecule has 0 radical (unpaired) electrons.